The van der Waals surface area contributed by atoms with Crippen LogP contribution in [-0.4, -0.2) is 5.91 Å². The van der Waals surface area contributed by atoms with Crippen molar-refractivity contribution in [1.29, 1.82) is 0 Å². The average Bonchev–Trinajstić information content (AvgIpc) is 2.56. The van der Waals surface area contributed by atoms with Gasteiger partial charge in [-0.25, -0.2) is 4.39 Å². The molecule has 0 heterocycles. The van der Waals surface area contributed by atoms with E-state index < -0.39 is 11.7 Å². The van der Waals surface area contributed by atoms with E-state index in [1.165, 1.54) is 12.1 Å². The van der Waals surface area contributed by atoms with Crippen molar-refractivity contribution >= 4 is 29.9 Å². The maximum absolute atomic E-state index is 13.2. The third-order valence-electron chi connectivity index (χ3n) is 3.94. The fraction of sp³-hybridized carbons (Fsp3) is 0.278. The highest BCUT2D eigenvalue weighted by Crippen LogP contribution is 2.23. The number of hydrogen-bond acceptors (Lipinski definition) is 2. The number of carbonyl (C=O) groups excluding carboxylic acids is 1. The van der Waals surface area contributed by atoms with Gasteiger partial charge in [0.2, 0.25) is 5.91 Å². The van der Waals surface area contributed by atoms with Gasteiger partial charge >= 0.3 is 0 Å². The smallest absolute Gasteiger partial charge is 0.225 e. The highest BCUT2D eigenvalue weighted by atomic mass is 35.5. The maximum Gasteiger partial charge on any atom is 0.225 e. The maximum atomic E-state index is 13.2. The van der Waals surface area contributed by atoms with Crippen LogP contribution in [0.5, 0.6) is 0 Å². The van der Waals surface area contributed by atoms with Gasteiger partial charge in [0.15, 0.2) is 0 Å². The molecule has 0 spiro atoms. The van der Waals surface area contributed by atoms with Crippen molar-refractivity contribution in [3.63, 3.8) is 0 Å². The molecular weight excluding hydrogens is 350 g/mol. The fourth-order valence-corrected chi connectivity index (χ4v) is 2.53. The molecule has 2 aromatic rings. The lowest BCUT2D eigenvalue weighted by atomic mass is 9.94. The molecule has 0 fully saturated rings. The molecule has 24 heavy (non-hydrogen) atoms. The predicted octanol–water partition coefficient (Wildman–Crippen LogP) is 4.41. The molecule has 130 valence electrons. The predicted molar refractivity (Wildman–Crippen MR) is 97.8 cm³/mol. The van der Waals surface area contributed by atoms with E-state index in [1.54, 1.807) is 13.0 Å². The van der Waals surface area contributed by atoms with Crippen LogP contribution in [0.1, 0.15) is 37.1 Å². The topological polar surface area (TPSA) is 55.1 Å². The van der Waals surface area contributed by atoms with Crippen molar-refractivity contribution in [2.45, 2.75) is 25.9 Å². The molecule has 0 aromatic heterocycles. The summed E-state index contributed by atoms with van der Waals surface area (Å²) >= 11 is 5.78. The Morgan fingerprint density at radius 1 is 1.12 bits per heavy atom. The summed E-state index contributed by atoms with van der Waals surface area (Å²) in [4.78, 5) is 12.4. The second-order valence-electron chi connectivity index (χ2n) is 5.63. The summed E-state index contributed by atoms with van der Waals surface area (Å²) in [6.07, 6.45) is 0. The molecule has 6 heteroatoms. The first-order chi connectivity index (χ1) is 10.9. The lowest BCUT2D eigenvalue weighted by Crippen LogP contribution is -2.36. The quantitative estimate of drug-likeness (QED) is 0.818. The second-order valence-corrected chi connectivity index (χ2v) is 6.04. The molecule has 3 nitrogen and oxygen atoms in total. The molecule has 0 saturated carbocycles. The number of nitrogens with one attached hydrogen (secondary N) is 1. The van der Waals surface area contributed by atoms with E-state index in [2.05, 4.69) is 5.32 Å². The number of hydrogen-bond donors (Lipinski definition) is 2. The molecule has 2 rings (SSSR count). The Hall–Kier alpha value is -1.62. The third-order valence-corrected chi connectivity index (χ3v) is 4.23. The number of halogens is 3. The van der Waals surface area contributed by atoms with Crippen LogP contribution in [0.2, 0.25) is 5.02 Å². The van der Waals surface area contributed by atoms with Crippen molar-refractivity contribution in [2.24, 2.45) is 11.7 Å². The molecule has 3 unspecified atom stereocenters. The standard InChI is InChI=1S/C18H20ClFN2O.ClH/c1-11(17(21)13-6-4-3-5-7-13)18(23)22-12(2)14-8-9-16(20)15(19)10-14;/h3-12,17H,21H2,1-2H3,(H,22,23);1H. The number of amides is 1. The van der Waals surface area contributed by atoms with Gasteiger partial charge in [-0.15, -0.1) is 12.4 Å². The van der Waals surface area contributed by atoms with Gasteiger partial charge in [0.05, 0.1) is 17.0 Å². The summed E-state index contributed by atoms with van der Waals surface area (Å²) in [7, 11) is 0. The normalized spacial score (nSPS) is 14.2. The van der Waals surface area contributed by atoms with E-state index in [1.807, 2.05) is 37.3 Å². The van der Waals surface area contributed by atoms with Crippen LogP contribution in [0.25, 0.3) is 0 Å². The van der Waals surface area contributed by atoms with Gasteiger partial charge in [0.25, 0.3) is 0 Å². The van der Waals surface area contributed by atoms with E-state index in [-0.39, 0.29) is 35.4 Å². The van der Waals surface area contributed by atoms with Gasteiger partial charge in [-0.2, -0.15) is 0 Å². The highest BCUT2D eigenvalue weighted by molar-refractivity contribution is 6.30. The Labute approximate surface area is 152 Å². The van der Waals surface area contributed by atoms with Crippen LogP contribution in [0.3, 0.4) is 0 Å². The number of rotatable bonds is 5. The van der Waals surface area contributed by atoms with Crippen molar-refractivity contribution in [1.82, 2.24) is 5.32 Å². The van der Waals surface area contributed by atoms with Crippen molar-refractivity contribution in [2.75, 3.05) is 0 Å². The monoisotopic (exact) mass is 370 g/mol. The lowest BCUT2D eigenvalue weighted by molar-refractivity contribution is -0.125. The van der Waals surface area contributed by atoms with E-state index in [0.29, 0.717) is 0 Å². The number of carbonyl (C=O) groups is 1. The first-order valence-electron chi connectivity index (χ1n) is 7.46. The lowest BCUT2D eigenvalue weighted by Gasteiger charge is -2.22. The molecule has 0 saturated heterocycles. The van der Waals surface area contributed by atoms with Gasteiger partial charge in [0.1, 0.15) is 5.82 Å². The van der Waals surface area contributed by atoms with E-state index in [4.69, 9.17) is 17.3 Å². The van der Waals surface area contributed by atoms with Crippen LogP contribution < -0.4 is 11.1 Å². The summed E-state index contributed by atoms with van der Waals surface area (Å²) in [5, 5.41) is 2.93. The molecule has 0 bridgehead atoms. The minimum Gasteiger partial charge on any atom is -0.349 e. The SMILES string of the molecule is CC(NC(=O)C(C)C(N)c1ccccc1)c1ccc(F)c(Cl)c1.Cl. The van der Waals surface area contributed by atoms with Crippen LogP contribution in [-0.2, 0) is 4.79 Å². The summed E-state index contributed by atoms with van der Waals surface area (Å²) < 4.78 is 13.2. The molecule has 0 radical (unpaired) electrons. The highest BCUT2D eigenvalue weighted by Gasteiger charge is 2.23. The summed E-state index contributed by atoms with van der Waals surface area (Å²) in [5.74, 6) is -1.03. The average molecular weight is 371 g/mol. The molecule has 1 amide bonds. The van der Waals surface area contributed by atoms with E-state index >= 15 is 0 Å². The fourth-order valence-electron chi connectivity index (χ4n) is 2.34. The van der Waals surface area contributed by atoms with Crippen molar-refractivity contribution in [3.8, 4) is 0 Å². The number of benzene rings is 2. The second kappa shape index (κ2) is 9.02. The summed E-state index contributed by atoms with van der Waals surface area (Å²) in [6, 6.07) is 13.2. The van der Waals surface area contributed by atoms with Crippen molar-refractivity contribution < 1.29 is 9.18 Å². The molecule has 0 aliphatic carbocycles. The zero-order valence-corrected chi connectivity index (χ0v) is 15.1. The summed E-state index contributed by atoms with van der Waals surface area (Å²) in [5.41, 5.74) is 7.82. The molecular formula is C18H21Cl2FN2O. The van der Waals surface area contributed by atoms with Gasteiger partial charge in [-0.3, -0.25) is 4.79 Å². The molecule has 0 aliphatic heterocycles. The van der Waals surface area contributed by atoms with Gasteiger partial charge in [-0.1, -0.05) is 54.9 Å². The first-order valence-corrected chi connectivity index (χ1v) is 7.83. The number of nitrogens with two attached hydrogens (primary N) is 1. The zero-order valence-electron chi connectivity index (χ0n) is 13.5. The minimum atomic E-state index is -0.478. The van der Waals surface area contributed by atoms with Crippen molar-refractivity contribution in [3.05, 3.63) is 70.5 Å². The van der Waals surface area contributed by atoms with E-state index in [0.717, 1.165) is 11.1 Å². The van der Waals surface area contributed by atoms with Crippen LogP contribution in [0.4, 0.5) is 4.39 Å². The third kappa shape index (κ3) is 4.94. The van der Waals surface area contributed by atoms with Crippen LogP contribution >= 0.6 is 24.0 Å². The zero-order chi connectivity index (χ0) is 17.0. The Balaban J connectivity index is 0.00000288. The Kier molecular flexibility index (Phi) is 7.67. The van der Waals surface area contributed by atoms with Gasteiger partial charge < -0.3 is 11.1 Å². The Bertz CT molecular complexity index is 682. The Morgan fingerprint density at radius 3 is 2.33 bits per heavy atom. The molecule has 3 N–H and O–H groups in total. The summed E-state index contributed by atoms with van der Waals surface area (Å²) in [6.45, 7) is 3.61. The molecule has 3 atom stereocenters. The van der Waals surface area contributed by atoms with E-state index in [9.17, 15) is 9.18 Å². The van der Waals surface area contributed by atoms with Gasteiger partial charge in [0, 0.05) is 6.04 Å². The largest absolute Gasteiger partial charge is 0.349 e. The Morgan fingerprint density at radius 2 is 1.75 bits per heavy atom. The first kappa shape index (κ1) is 20.4. The minimum absolute atomic E-state index is 0. The molecule has 2 aromatic carbocycles. The van der Waals surface area contributed by atoms with Crippen LogP contribution in [0.15, 0.2) is 48.5 Å². The van der Waals surface area contributed by atoms with Gasteiger partial charge in [-0.05, 0) is 30.2 Å². The molecule has 0 aliphatic rings. The van der Waals surface area contributed by atoms with Crippen LogP contribution in [0, 0.1) is 11.7 Å².